The third-order valence-corrected chi connectivity index (χ3v) is 4.23. The molecule has 2 aromatic heterocycles. The zero-order chi connectivity index (χ0) is 13.3. The molecular formula is C10H13N5O2S. The monoisotopic (exact) mass is 267 g/mol. The van der Waals surface area contributed by atoms with Crippen LogP contribution in [0, 0.1) is 0 Å². The molecule has 0 spiro atoms. The molecule has 8 heteroatoms. The van der Waals surface area contributed by atoms with Crippen molar-refractivity contribution >= 4 is 15.8 Å². The van der Waals surface area contributed by atoms with Gasteiger partial charge in [-0.2, -0.15) is 9.78 Å². The minimum Gasteiger partial charge on any atom is -0.382 e. The van der Waals surface area contributed by atoms with Crippen LogP contribution < -0.4 is 5.73 Å². The number of hydrogen-bond acceptors (Lipinski definition) is 5. The van der Waals surface area contributed by atoms with Gasteiger partial charge in [0.15, 0.2) is 5.82 Å². The molecule has 7 nitrogen and oxygen atoms in total. The average Bonchev–Trinajstić information content (AvgIpc) is 2.72. The van der Waals surface area contributed by atoms with Crippen LogP contribution in [0.3, 0.4) is 0 Å². The van der Waals surface area contributed by atoms with E-state index in [0.717, 1.165) is 4.31 Å². The maximum Gasteiger partial charge on any atom is 0.247 e. The van der Waals surface area contributed by atoms with Gasteiger partial charge in [-0.25, -0.2) is 17.7 Å². The van der Waals surface area contributed by atoms with Gasteiger partial charge in [0.25, 0.3) is 0 Å². The van der Waals surface area contributed by atoms with Crippen LogP contribution in [-0.4, -0.2) is 41.6 Å². The van der Waals surface area contributed by atoms with E-state index >= 15 is 0 Å². The largest absolute Gasteiger partial charge is 0.382 e. The SMILES string of the molecule is CN(C)S(=O)(=O)c1cnn(-c2ccccn2)c1N. The number of nitrogens with two attached hydrogens (primary N) is 1. The topological polar surface area (TPSA) is 94.1 Å². The fourth-order valence-corrected chi connectivity index (χ4v) is 2.32. The highest BCUT2D eigenvalue weighted by molar-refractivity contribution is 7.89. The summed E-state index contributed by atoms with van der Waals surface area (Å²) in [6.45, 7) is 0. The molecule has 0 saturated carbocycles. The molecule has 0 amide bonds. The Morgan fingerprint density at radius 2 is 2.06 bits per heavy atom. The van der Waals surface area contributed by atoms with E-state index in [1.807, 2.05) is 0 Å². The van der Waals surface area contributed by atoms with E-state index in [0.29, 0.717) is 5.82 Å². The summed E-state index contributed by atoms with van der Waals surface area (Å²) in [5.41, 5.74) is 5.81. The van der Waals surface area contributed by atoms with E-state index in [9.17, 15) is 8.42 Å². The zero-order valence-corrected chi connectivity index (χ0v) is 10.8. The van der Waals surface area contributed by atoms with Crippen LogP contribution in [0.25, 0.3) is 5.82 Å². The molecule has 0 radical (unpaired) electrons. The Bertz CT molecular complexity index is 648. The third kappa shape index (κ3) is 1.95. The summed E-state index contributed by atoms with van der Waals surface area (Å²) in [4.78, 5) is 4.03. The minimum absolute atomic E-state index is 0.0295. The minimum atomic E-state index is -3.60. The molecule has 2 aromatic rings. The predicted molar refractivity (Wildman–Crippen MR) is 66.6 cm³/mol. The van der Waals surface area contributed by atoms with Crippen LogP contribution in [0.15, 0.2) is 35.5 Å². The molecule has 96 valence electrons. The molecule has 0 aromatic carbocycles. The lowest BCUT2D eigenvalue weighted by Crippen LogP contribution is -2.23. The molecule has 18 heavy (non-hydrogen) atoms. The Morgan fingerprint density at radius 1 is 1.33 bits per heavy atom. The van der Waals surface area contributed by atoms with Gasteiger partial charge in [-0.15, -0.1) is 0 Å². The van der Waals surface area contributed by atoms with Gasteiger partial charge in [0.2, 0.25) is 10.0 Å². The number of pyridine rings is 1. The fourth-order valence-electron chi connectivity index (χ4n) is 1.40. The van der Waals surface area contributed by atoms with Crippen LogP contribution in [0.5, 0.6) is 0 Å². The highest BCUT2D eigenvalue weighted by Gasteiger charge is 2.24. The zero-order valence-electron chi connectivity index (χ0n) is 9.98. The van der Waals surface area contributed by atoms with Crippen molar-refractivity contribution in [3.63, 3.8) is 0 Å². The van der Waals surface area contributed by atoms with Gasteiger partial charge in [-0.1, -0.05) is 6.07 Å². The van der Waals surface area contributed by atoms with E-state index in [1.54, 1.807) is 24.4 Å². The van der Waals surface area contributed by atoms with Crippen molar-refractivity contribution in [2.75, 3.05) is 19.8 Å². The molecule has 2 N–H and O–H groups in total. The lowest BCUT2D eigenvalue weighted by Gasteiger charge is -2.10. The Hall–Kier alpha value is -1.93. The molecule has 2 rings (SSSR count). The number of anilines is 1. The Balaban J connectivity index is 2.55. The lowest BCUT2D eigenvalue weighted by molar-refractivity contribution is 0.521. The average molecular weight is 267 g/mol. The van der Waals surface area contributed by atoms with Gasteiger partial charge in [-0.05, 0) is 12.1 Å². The van der Waals surface area contributed by atoms with Crippen LogP contribution in [0.2, 0.25) is 0 Å². The second-order valence-corrected chi connectivity index (χ2v) is 5.90. The fraction of sp³-hybridized carbons (Fsp3) is 0.200. The van der Waals surface area contributed by atoms with Crippen molar-refractivity contribution in [2.24, 2.45) is 0 Å². The molecule has 0 atom stereocenters. The predicted octanol–water partition coefficient (Wildman–Crippen LogP) is 0.0998. The van der Waals surface area contributed by atoms with Crippen molar-refractivity contribution in [3.8, 4) is 5.82 Å². The number of nitrogen functional groups attached to an aromatic ring is 1. The number of hydrogen-bond donors (Lipinski definition) is 1. The summed E-state index contributed by atoms with van der Waals surface area (Å²) in [6, 6.07) is 5.21. The molecule has 0 fully saturated rings. The van der Waals surface area contributed by atoms with Crippen molar-refractivity contribution in [1.82, 2.24) is 19.1 Å². The van der Waals surface area contributed by atoms with Crippen molar-refractivity contribution in [2.45, 2.75) is 4.90 Å². The molecule has 0 aliphatic heterocycles. The Labute approximate surface area is 105 Å². The van der Waals surface area contributed by atoms with Crippen molar-refractivity contribution < 1.29 is 8.42 Å². The van der Waals surface area contributed by atoms with Crippen LogP contribution in [0.1, 0.15) is 0 Å². The summed E-state index contributed by atoms with van der Waals surface area (Å²) in [6.07, 6.45) is 2.80. The summed E-state index contributed by atoms with van der Waals surface area (Å²) >= 11 is 0. The first-order valence-electron chi connectivity index (χ1n) is 5.12. The lowest BCUT2D eigenvalue weighted by atomic mass is 10.5. The van der Waals surface area contributed by atoms with Gasteiger partial charge in [0, 0.05) is 20.3 Å². The summed E-state index contributed by atoms with van der Waals surface area (Å²) in [5, 5.41) is 3.96. The van der Waals surface area contributed by atoms with Gasteiger partial charge >= 0.3 is 0 Å². The van der Waals surface area contributed by atoms with E-state index in [4.69, 9.17) is 5.73 Å². The Kier molecular flexibility index (Phi) is 3.05. The number of sulfonamides is 1. The standard InChI is InChI=1S/C10H13N5O2S/c1-14(2)18(16,17)8-7-13-15(10(8)11)9-5-3-4-6-12-9/h3-7H,11H2,1-2H3. The molecule has 0 unspecified atom stereocenters. The highest BCUT2D eigenvalue weighted by Crippen LogP contribution is 2.22. The third-order valence-electron chi connectivity index (χ3n) is 2.40. The van der Waals surface area contributed by atoms with E-state index in [-0.39, 0.29) is 10.7 Å². The first-order valence-corrected chi connectivity index (χ1v) is 6.56. The second-order valence-electron chi connectivity index (χ2n) is 3.78. The van der Waals surface area contributed by atoms with Gasteiger partial charge in [0.05, 0.1) is 6.20 Å². The van der Waals surface area contributed by atoms with Crippen molar-refractivity contribution in [3.05, 3.63) is 30.6 Å². The van der Waals surface area contributed by atoms with Crippen LogP contribution in [0.4, 0.5) is 5.82 Å². The van der Waals surface area contributed by atoms with Gasteiger partial charge < -0.3 is 5.73 Å². The summed E-state index contributed by atoms with van der Waals surface area (Å²) in [7, 11) is -0.723. The smallest absolute Gasteiger partial charge is 0.247 e. The van der Waals surface area contributed by atoms with Gasteiger partial charge in [-0.3, -0.25) is 0 Å². The molecular weight excluding hydrogens is 254 g/mol. The van der Waals surface area contributed by atoms with E-state index in [2.05, 4.69) is 10.1 Å². The maximum atomic E-state index is 12.0. The molecule has 0 saturated heterocycles. The second kappa shape index (κ2) is 4.39. The van der Waals surface area contributed by atoms with Crippen molar-refractivity contribution in [1.29, 1.82) is 0 Å². The summed E-state index contributed by atoms with van der Waals surface area (Å²) < 4.78 is 26.3. The van der Waals surface area contributed by atoms with E-state index in [1.165, 1.54) is 25.0 Å². The van der Waals surface area contributed by atoms with Crippen LogP contribution in [-0.2, 0) is 10.0 Å². The maximum absolute atomic E-state index is 12.0. The number of nitrogens with zero attached hydrogens (tertiary/aromatic N) is 4. The first kappa shape index (κ1) is 12.5. The normalized spacial score (nSPS) is 11.9. The Morgan fingerprint density at radius 3 is 2.61 bits per heavy atom. The van der Waals surface area contributed by atoms with Crippen LogP contribution >= 0.6 is 0 Å². The summed E-state index contributed by atoms with van der Waals surface area (Å²) in [5.74, 6) is 0.512. The molecule has 0 bridgehead atoms. The molecule has 0 aliphatic rings. The highest BCUT2D eigenvalue weighted by atomic mass is 32.2. The van der Waals surface area contributed by atoms with E-state index < -0.39 is 10.0 Å². The number of aromatic nitrogens is 3. The van der Waals surface area contributed by atoms with Gasteiger partial charge in [0.1, 0.15) is 10.7 Å². The number of rotatable bonds is 3. The first-order chi connectivity index (χ1) is 8.44. The molecule has 0 aliphatic carbocycles. The molecule has 2 heterocycles. The quantitative estimate of drug-likeness (QED) is 0.851.